The maximum Gasteiger partial charge on any atom is 0.214 e. The Kier molecular flexibility index (Phi) is 5.44. The predicted octanol–water partition coefficient (Wildman–Crippen LogP) is 2.49. The van der Waals surface area contributed by atoms with Gasteiger partial charge in [-0.15, -0.1) is 0 Å². The van der Waals surface area contributed by atoms with Crippen molar-refractivity contribution in [2.45, 2.75) is 37.5 Å². The van der Waals surface area contributed by atoms with Gasteiger partial charge in [0.05, 0.1) is 17.9 Å². The van der Waals surface area contributed by atoms with Crippen molar-refractivity contribution in [3.05, 3.63) is 33.4 Å². The zero-order valence-corrected chi connectivity index (χ0v) is 14.6. The average molecular weight is 409 g/mol. The van der Waals surface area contributed by atoms with Gasteiger partial charge in [-0.05, 0) is 60.6 Å². The van der Waals surface area contributed by atoms with Crippen molar-refractivity contribution < 1.29 is 13.2 Å². The van der Waals surface area contributed by atoms with Gasteiger partial charge in [0.1, 0.15) is 0 Å². The predicted molar refractivity (Wildman–Crippen MR) is 88.3 cm³/mol. The molecule has 1 N–H and O–H groups in total. The standard InChI is InChI=1S/C14H20INO3S/c1-10(2)20(17,18)16-14-9-19-8-7-13(14)11-3-5-12(15)6-4-11/h3-6,10,13-14,16H,7-9H2,1-2H3/t13-,14-/m1/s1. The van der Waals surface area contributed by atoms with E-state index in [4.69, 9.17) is 4.74 Å². The first-order valence-electron chi connectivity index (χ1n) is 6.74. The summed E-state index contributed by atoms with van der Waals surface area (Å²) in [7, 11) is -3.28. The van der Waals surface area contributed by atoms with Crippen LogP contribution in [0.25, 0.3) is 0 Å². The molecule has 2 atom stereocenters. The lowest BCUT2D eigenvalue weighted by atomic mass is 9.88. The highest BCUT2D eigenvalue weighted by Crippen LogP contribution is 2.28. The fourth-order valence-electron chi connectivity index (χ4n) is 2.31. The van der Waals surface area contributed by atoms with E-state index >= 15 is 0 Å². The fraction of sp³-hybridized carbons (Fsp3) is 0.571. The average Bonchev–Trinajstić information content (AvgIpc) is 2.40. The molecule has 112 valence electrons. The van der Waals surface area contributed by atoms with Crippen molar-refractivity contribution in [1.82, 2.24) is 4.72 Å². The maximum absolute atomic E-state index is 12.1. The highest BCUT2D eigenvalue weighted by atomic mass is 127. The van der Waals surface area contributed by atoms with E-state index in [1.807, 2.05) is 0 Å². The zero-order chi connectivity index (χ0) is 14.8. The summed E-state index contributed by atoms with van der Waals surface area (Å²) in [5.74, 6) is 0.175. The highest BCUT2D eigenvalue weighted by molar-refractivity contribution is 14.1. The number of nitrogens with one attached hydrogen (secondary N) is 1. The van der Waals surface area contributed by atoms with Crippen LogP contribution >= 0.6 is 22.6 Å². The number of ether oxygens (including phenoxy) is 1. The van der Waals surface area contributed by atoms with Gasteiger partial charge in [0.15, 0.2) is 0 Å². The molecule has 1 aromatic rings. The second-order valence-electron chi connectivity index (χ2n) is 5.34. The Morgan fingerprint density at radius 1 is 1.30 bits per heavy atom. The van der Waals surface area contributed by atoms with E-state index in [1.54, 1.807) is 13.8 Å². The first kappa shape index (κ1) is 16.2. The summed E-state index contributed by atoms with van der Waals surface area (Å²) >= 11 is 2.27. The molecule has 2 rings (SSSR count). The second kappa shape index (κ2) is 6.72. The van der Waals surface area contributed by atoms with Crippen LogP contribution in [0.5, 0.6) is 0 Å². The van der Waals surface area contributed by atoms with Crippen LogP contribution in [0.15, 0.2) is 24.3 Å². The maximum atomic E-state index is 12.1. The lowest BCUT2D eigenvalue weighted by molar-refractivity contribution is 0.0644. The zero-order valence-electron chi connectivity index (χ0n) is 11.7. The minimum absolute atomic E-state index is 0.175. The van der Waals surface area contributed by atoms with E-state index in [1.165, 1.54) is 9.13 Å². The molecule has 0 saturated carbocycles. The van der Waals surface area contributed by atoms with Crippen LogP contribution in [0.3, 0.4) is 0 Å². The Labute approximate surface area is 134 Å². The molecule has 0 unspecified atom stereocenters. The molecule has 6 heteroatoms. The first-order chi connectivity index (χ1) is 9.40. The monoisotopic (exact) mass is 409 g/mol. The van der Waals surface area contributed by atoms with E-state index in [0.717, 1.165) is 6.42 Å². The molecule has 1 aliphatic rings. The summed E-state index contributed by atoms with van der Waals surface area (Å²) in [5, 5.41) is -0.429. The highest BCUT2D eigenvalue weighted by Gasteiger charge is 2.31. The fourth-order valence-corrected chi connectivity index (χ4v) is 3.60. The van der Waals surface area contributed by atoms with Crippen molar-refractivity contribution in [2.75, 3.05) is 13.2 Å². The van der Waals surface area contributed by atoms with E-state index < -0.39 is 15.3 Å². The van der Waals surface area contributed by atoms with E-state index in [2.05, 4.69) is 51.6 Å². The summed E-state index contributed by atoms with van der Waals surface area (Å²) in [4.78, 5) is 0. The Hall–Kier alpha value is -0.180. The quantitative estimate of drug-likeness (QED) is 0.778. The molecule has 1 saturated heterocycles. The van der Waals surface area contributed by atoms with E-state index in [9.17, 15) is 8.42 Å². The third-order valence-electron chi connectivity index (χ3n) is 3.59. The smallest absolute Gasteiger partial charge is 0.214 e. The summed E-state index contributed by atoms with van der Waals surface area (Å²) < 4.78 is 33.6. The molecule has 20 heavy (non-hydrogen) atoms. The van der Waals surface area contributed by atoms with Crippen molar-refractivity contribution >= 4 is 32.6 Å². The minimum Gasteiger partial charge on any atom is -0.380 e. The number of hydrogen-bond donors (Lipinski definition) is 1. The van der Waals surface area contributed by atoms with Crippen LogP contribution in [0.4, 0.5) is 0 Å². The van der Waals surface area contributed by atoms with Gasteiger partial charge in [-0.2, -0.15) is 0 Å². The molecule has 0 amide bonds. The molecule has 0 radical (unpaired) electrons. The van der Waals surface area contributed by atoms with Crippen molar-refractivity contribution in [1.29, 1.82) is 0 Å². The van der Waals surface area contributed by atoms with Gasteiger partial charge in [0.25, 0.3) is 0 Å². The van der Waals surface area contributed by atoms with Crippen molar-refractivity contribution in [3.63, 3.8) is 0 Å². The first-order valence-corrected chi connectivity index (χ1v) is 9.37. The van der Waals surface area contributed by atoms with Gasteiger partial charge in [-0.3, -0.25) is 0 Å². The lowest BCUT2D eigenvalue weighted by Crippen LogP contribution is -2.47. The molecule has 1 aliphatic heterocycles. The minimum atomic E-state index is -3.28. The van der Waals surface area contributed by atoms with Crippen LogP contribution in [0, 0.1) is 3.57 Å². The third kappa shape index (κ3) is 3.93. The van der Waals surface area contributed by atoms with Gasteiger partial charge in [-0.25, -0.2) is 13.1 Å². The molecule has 1 heterocycles. The van der Waals surface area contributed by atoms with Crippen LogP contribution in [0.1, 0.15) is 31.7 Å². The summed E-state index contributed by atoms with van der Waals surface area (Å²) in [6.07, 6.45) is 0.839. The number of rotatable bonds is 4. The molecular formula is C14H20INO3S. The van der Waals surface area contributed by atoms with Gasteiger partial charge in [0.2, 0.25) is 10.0 Å². The van der Waals surface area contributed by atoms with Crippen molar-refractivity contribution in [2.24, 2.45) is 0 Å². The lowest BCUT2D eigenvalue weighted by Gasteiger charge is -2.32. The topological polar surface area (TPSA) is 55.4 Å². The van der Waals surface area contributed by atoms with Crippen LogP contribution in [-0.2, 0) is 14.8 Å². The van der Waals surface area contributed by atoms with Crippen molar-refractivity contribution in [3.8, 4) is 0 Å². The van der Waals surface area contributed by atoms with Gasteiger partial charge in [0, 0.05) is 16.1 Å². The number of benzene rings is 1. The molecule has 1 aromatic carbocycles. The number of halogens is 1. The molecule has 0 aliphatic carbocycles. The Bertz CT molecular complexity index is 542. The van der Waals surface area contributed by atoms with E-state index in [-0.39, 0.29) is 12.0 Å². The number of hydrogen-bond acceptors (Lipinski definition) is 3. The van der Waals surface area contributed by atoms with Gasteiger partial charge in [-0.1, -0.05) is 12.1 Å². The number of sulfonamides is 1. The third-order valence-corrected chi connectivity index (χ3v) is 6.18. The van der Waals surface area contributed by atoms with E-state index in [0.29, 0.717) is 13.2 Å². The van der Waals surface area contributed by atoms with Crippen LogP contribution in [-0.4, -0.2) is 32.9 Å². The summed E-state index contributed by atoms with van der Waals surface area (Å²) in [6, 6.07) is 8.08. The van der Waals surface area contributed by atoms with Gasteiger partial charge < -0.3 is 4.74 Å². The normalized spacial score (nSPS) is 24.0. The molecule has 1 fully saturated rings. The van der Waals surface area contributed by atoms with Crippen LogP contribution in [0.2, 0.25) is 0 Å². The van der Waals surface area contributed by atoms with Gasteiger partial charge >= 0.3 is 0 Å². The molecule has 0 bridgehead atoms. The molecule has 0 aromatic heterocycles. The Morgan fingerprint density at radius 3 is 2.55 bits per heavy atom. The molecular weight excluding hydrogens is 389 g/mol. The summed E-state index contributed by atoms with van der Waals surface area (Å²) in [6.45, 7) is 4.48. The summed E-state index contributed by atoms with van der Waals surface area (Å²) in [5.41, 5.74) is 1.17. The second-order valence-corrected chi connectivity index (χ2v) is 8.85. The van der Waals surface area contributed by atoms with Crippen LogP contribution < -0.4 is 4.72 Å². The molecule has 4 nitrogen and oxygen atoms in total. The Morgan fingerprint density at radius 2 is 1.95 bits per heavy atom. The largest absolute Gasteiger partial charge is 0.380 e. The molecule has 0 spiro atoms. The SMILES string of the molecule is CC(C)S(=O)(=O)N[C@@H]1COCC[C@@H]1c1ccc(I)cc1. The Balaban J connectivity index is 2.19.